The zero-order valence-corrected chi connectivity index (χ0v) is 13.0. The Kier molecular flexibility index (Phi) is 4.57. The number of nitrogens with zero attached hydrogens (tertiary/aromatic N) is 3. The lowest BCUT2D eigenvalue weighted by Crippen LogP contribution is -2.34. The zero-order chi connectivity index (χ0) is 14.7. The van der Waals surface area contributed by atoms with Crippen molar-refractivity contribution in [2.45, 2.75) is 13.5 Å². The second kappa shape index (κ2) is 6.19. The van der Waals surface area contributed by atoms with Gasteiger partial charge in [-0.1, -0.05) is 0 Å². The van der Waals surface area contributed by atoms with Crippen molar-refractivity contribution in [3.63, 3.8) is 0 Å². The van der Waals surface area contributed by atoms with E-state index in [0.29, 0.717) is 13.1 Å². The van der Waals surface area contributed by atoms with Gasteiger partial charge in [-0.25, -0.2) is 4.98 Å². The number of furan rings is 1. The van der Waals surface area contributed by atoms with Crippen molar-refractivity contribution >= 4 is 17.2 Å². The van der Waals surface area contributed by atoms with Gasteiger partial charge in [0.15, 0.2) is 10.8 Å². The number of aryl methyl sites for hydroxylation is 1. The van der Waals surface area contributed by atoms with Gasteiger partial charge in [0.25, 0.3) is 0 Å². The van der Waals surface area contributed by atoms with Gasteiger partial charge in [0, 0.05) is 26.0 Å². The molecule has 5 nitrogen and oxygen atoms in total. The van der Waals surface area contributed by atoms with Crippen LogP contribution in [0.3, 0.4) is 0 Å². The quantitative estimate of drug-likeness (QED) is 0.848. The largest absolute Gasteiger partial charge is 0.459 e. The molecule has 20 heavy (non-hydrogen) atoms. The van der Waals surface area contributed by atoms with Crippen LogP contribution >= 0.6 is 11.3 Å². The van der Waals surface area contributed by atoms with Crippen molar-refractivity contribution in [2.24, 2.45) is 0 Å². The van der Waals surface area contributed by atoms with Gasteiger partial charge in [-0.05, 0) is 26.1 Å². The first-order chi connectivity index (χ1) is 9.45. The summed E-state index contributed by atoms with van der Waals surface area (Å²) in [4.78, 5) is 19.7. The summed E-state index contributed by atoms with van der Waals surface area (Å²) in [6.45, 7) is 2.95. The minimum absolute atomic E-state index is 0.0876. The van der Waals surface area contributed by atoms with Crippen molar-refractivity contribution in [3.8, 4) is 10.8 Å². The third-order valence-corrected chi connectivity index (χ3v) is 3.74. The normalized spacial score (nSPS) is 11.1. The third kappa shape index (κ3) is 3.68. The van der Waals surface area contributed by atoms with Crippen LogP contribution in [0.4, 0.5) is 0 Å². The Balaban J connectivity index is 1.97. The Bertz CT molecular complexity index is 589. The molecule has 2 rings (SSSR count). The Morgan fingerprint density at radius 3 is 2.70 bits per heavy atom. The standard InChI is InChI=1S/C14H19N3O2S/c1-10-5-6-12(19-10)14-15-11(9-20-14)7-17(4)8-13(18)16(2)3/h5-6,9H,7-8H2,1-4H3. The fourth-order valence-electron chi connectivity index (χ4n) is 1.75. The number of aromatic nitrogens is 1. The molecule has 0 aromatic carbocycles. The van der Waals surface area contributed by atoms with Crippen LogP contribution in [0.2, 0.25) is 0 Å². The summed E-state index contributed by atoms with van der Waals surface area (Å²) in [6, 6.07) is 3.86. The molecule has 0 aliphatic carbocycles. The van der Waals surface area contributed by atoms with Gasteiger partial charge >= 0.3 is 0 Å². The molecule has 0 bridgehead atoms. The van der Waals surface area contributed by atoms with E-state index in [4.69, 9.17) is 4.42 Å². The summed E-state index contributed by atoms with van der Waals surface area (Å²) >= 11 is 1.56. The van der Waals surface area contributed by atoms with Crippen molar-refractivity contribution < 1.29 is 9.21 Å². The highest BCUT2D eigenvalue weighted by molar-refractivity contribution is 7.13. The number of carbonyl (C=O) groups is 1. The Labute approximate surface area is 122 Å². The number of carbonyl (C=O) groups excluding carboxylic acids is 1. The SMILES string of the molecule is Cc1ccc(-c2nc(CN(C)CC(=O)N(C)C)cs2)o1. The summed E-state index contributed by atoms with van der Waals surface area (Å²) in [5.74, 6) is 1.76. The first-order valence-electron chi connectivity index (χ1n) is 6.35. The summed E-state index contributed by atoms with van der Waals surface area (Å²) in [7, 11) is 5.43. The molecular formula is C14H19N3O2S. The molecule has 0 aliphatic heterocycles. The lowest BCUT2D eigenvalue weighted by atomic mass is 10.4. The zero-order valence-electron chi connectivity index (χ0n) is 12.2. The maximum absolute atomic E-state index is 11.6. The molecule has 0 unspecified atom stereocenters. The van der Waals surface area contributed by atoms with E-state index >= 15 is 0 Å². The number of hydrogen-bond donors (Lipinski definition) is 0. The van der Waals surface area contributed by atoms with Gasteiger partial charge in [-0.2, -0.15) is 0 Å². The minimum atomic E-state index is 0.0876. The van der Waals surface area contributed by atoms with Gasteiger partial charge in [-0.15, -0.1) is 11.3 Å². The minimum Gasteiger partial charge on any atom is -0.459 e. The van der Waals surface area contributed by atoms with Gasteiger partial charge in [-0.3, -0.25) is 9.69 Å². The monoisotopic (exact) mass is 293 g/mol. The van der Waals surface area contributed by atoms with Crippen LogP contribution in [0.15, 0.2) is 21.9 Å². The topological polar surface area (TPSA) is 49.6 Å². The highest BCUT2D eigenvalue weighted by Crippen LogP contribution is 2.25. The van der Waals surface area contributed by atoms with E-state index in [1.165, 1.54) is 0 Å². The average Bonchev–Trinajstić information content (AvgIpc) is 2.97. The van der Waals surface area contributed by atoms with E-state index in [1.54, 1.807) is 30.3 Å². The van der Waals surface area contributed by atoms with E-state index in [1.807, 2.05) is 36.4 Å². The van der Waals surface area contributed by atoms with Crippen LogP contribution in [0, 0.1) is 6.92 Å². The van der Waals surface area contributed by atoms with Gasteiger partial charge in [0.05, 0.1) is 12.2 Å². The molecular weight excluding hydrogens is 274 g/mol. The molecule has 108 valence electrons. The molecule has 2 aromatic heterocycles. The summed E-state index contributed by atoms with van der Waals surface area (Å²) in [6.07, 6.45) is 0. The van der Waals surface area contributed by atoms with Crippen molar-refractivity contribution in [3.05, 3.63) is 29.0 Å². The van der Waals surface area contributed by atoms with E-state index in [0.717, 1.165) is 22.2 Å². The molecule has 0 spiro atoms. The summed E-state index contributed by atoms with van der Waals surface area (Å²) in [5, 5.41) is 2.88. The summed E-state index contributed by atoms with van der Waals surface area (Å²) in [5.41, 5.74) is 0.952. The average molecular weight is 293 g/mol. The molecule has 2 aromatic rings. The molecule has 0 saturated heterocycles. The molecule has 2 heterocycles. The molecule has 1 amide bonds. The highest BCUT2D eigenvalue weighted by atomic mass is 32.1. The number of hydrogen-bond acceptors (Lipinski definition) is 5. The predicted molar refractivity (Wildman–Crippen MR) is 79.6 cm³/mol. The van der Waals surface area contributed by atoms with Crippen LogP contribution in [0.25, 0.3) is 10.8 Å². The van der Waals surface area contributed by atoms with Crippen LogP contribution in [-0.2, 0) is 11.3 Å². The maximum Gasteiger partial charge on any atom is 0.236 e. The molecule has 0 atom stereocenters. The van der Waals surface area contributed by atoms with Crippen molar-refractivity contribution in [1.29, 1.82) is 0 Å². The molecule has 0 aliphatic rings. The van der Waals surface area contributed by atoms with E-state index < -0.39 is 0 Å². The van der Waals surface area contributed by atoms with Crippen molar-refractivity contribution in [1.82, 2.24) is 14.8 Å². The van der Waals surface area contributed by atoms with Crippen molar-refractivity contribution in [2.75, 3.05) is 27.7 Å². The summed E-state index contributed by atoms with van der Waals surface area (Å²) < 4.78 is 5.56. The van der Waals surface area contributed by atoms with Gasteiger partial charge in [0.1, 0.15) is 5.76 Å². The third-order valence-electron chi connectivity index (χ3n) is 2.84. The van der Waals surface area contributed by atoms with Crippen LogP contribution in [-0.4, -0.2) is 48.4 Å². The fraction of sp³-hybridized carbons (Fsp3) is 0.429. The second-order valence-electron chi connectivity index (χ2n) is 5.01. The predicted octanol–water partition coefficient (Wildman–Crippen LogP) is 2.23. The van der Waals surface area contributed by atoms with E-state index in [2.05, 4.69) is 4.98 Å². The smallest absolute Gasteiger partial charge is 0.236 e. The maximum atomic E-state index is 11.6. The lowest BCUT2D eigenvalue weighted by molar-refractivity contribution is -0.129. The molecule has 0 fully saturated rings. The first-order valence-corrected chi connectivity index (χ1v) is 7.23. The van der Waals surface area contributed by atoms with Crippen LogP contribution < -0.4 is 0 Å². The van der Waals surface area contributed by atoms with E-state index in [9.17, 15) is 4.79 Å². The number of amides is 1. The van der Waals surface area contributed by atoms with Crippen LogP contribution in [0.1, 0.15) is 11.5 Å². The van der Waals surface area contributed by atoms with E-state index in [-0.39, 0.29) is 5.91 Å². The number of rotatable bonds is 5. The highest BCUT2D eigenvalue weighted by Gasteiger charge is 2.12. The Morgan fingerprint density at radius 1 is 1.35 bits per heavy atom. The Morgan fingerprint density at radius 2 is 2.10 bits per heavy atom. The molecule has 0 saturated carbocycles. The fourth-order valence-corrected chi connectivity index (χ4v) is 2.52. The first kappa shape index (κ1) is 14.7. The lowest BCUT2D eigenvalue weighted by Gasteiger charge is -2.17. The molecule has 0 radical (unpaired) electrons. The Hall–Kier alpha value is -1.66. The molecule has 0 N–H and O–H groups in total. The molecule has 6 heteroatoms. The number of thiazole rings is 1. The van der Waals surface area contributed by atoms with Gasteiger partial charge in [0.2, 0.25) is 5.91 Å². The van der Waals surface area contributed by atoms with Crippen LogP contribution in [0.5, 0.6) is 0 Å². The second-order valence-corrected chi connectivity index (χ2v) is 5.87. The number of likely N-dealkylation sites (N-methyl/N-ethyl adjacent to an activating group) is 2. The van der Waals surface area contributed by atoms with Gasteiger partial charge < -0.3 is 9.32 Å².